The summed E-state index contributed by atoms with van der Waals surface area (Å²) in [5.41, 5.74) is 0.427. The van der Waals surface area contributed by atoms with Gasteiger partial charge in [0.15, 0.2) is 0 Å². The largest absolute Gasteiger partial charge is 0.416 e. The van der Waals surface area contributed by atoms with E-state index in [9.17, 15) is 22.8 Å². The fraction of sp³-hybridized carbons (Fsp3) is 0.211. The third-order valence-electron chi connectivity index (χ3n) is 3.75. The summed E-state index contributed by atoms with van der Waals surface area (Å²) in [6.45, 7) is 1.29. The van der Waals surface area contributed by atoms with E-state index in [1.54, 1.807) is 24.3 Å². The van der Waals surface area contributed by atoms with Crippen molar-refractivity contribution in [2.75, 3.05) is 16.8 Å². The standard InChI is InChI=1S/C19H16F3N3O2/c1-13(26)25(17-8-4-15(5-9-17)19(20,21)22)11-10-18(27)24-16-6-2-14(12-23)3-7-16/h2-9H,10-11H2,1H3,(H,24,27). The fourth-order valence-corrected chi connectivity index (χ4v) is 2.36. The van der Waals surface area contributed by atoms with E-state index in [-0.39, 0.29) is 30.5 Å². The Hall–Kier alpha value is -3.34. The number of carbonyl (C=O) groups is 2. The minimum atomic E-state index is -4.46. The van der Waals surface area contributed by atoms with E-state index < -0.39 is 11.7 Å². The number of nitrogens with one attached hydrogen (secondary N) is 1. The van der Waals surface area contributed by atoms with E-state index in [0.29, 0.717) is 11.3 Å². The normalized spacial score (nSPS) is 10.8. The third-order valence-corrected chi connectivity index (χ3v) is 3.75. The lowest BCUT2D eigenvalue weighted by atomic mass is 10.2. The molecule has 0 radical (unpaired) electrons. The summed E-state index contributed by atoms with van der Waals surface area (Å²) in [7, 11) is 0. The molecule has 2 aromatic rings. The maximum atomic E-state index is 12.6. The first kappa shape index (κ1) is 20.0. The molecule has 2 rings (SSSR count). The number of hydrogen-bond acceptors (Lipinski definition) is 3. The van der Waals surface area contributed by atoms with Crippen molar-refractivity contribution in [2.24, 2.45) is 0 Å². The van der Waals surface area contributed by atoms with E-state index in [2.05, 4.69) is 5.32 Å². The second kappa shape index (κ2) is 8.36. The minimum absolute atomic E-state index is 0.0167. The Balaban J connectivity index is 2.00. The number of nitriles is 1. The van der Waals surface area contributed by atoms with E-state index in [4.69, 9.17) is 5.26 Å². The number of anilines is 2. The predicted molar refractivity (Wildman–Crippen MR) is 93.9 cm³/mol. The molecule has 0 unspecified atom stereocenters. The summed E-state index contributed by atoms with van der Waals surface area (Å²) in [5, 5.41) is 11.4. The number of benzene rings is 2. The smallest absolute Gasteiger partial charge is 0.326 e. The fourth-order valence-electron chi connectivity index (χ4n) is 2.36. The molecular weight excluding hydrogens is 359 g/mol. The Morgan fingerprint density at radius 2 is 1.67 bits per heavy atom. The number of nitrogens with zero attached hydrogens (tertiary/aromatic N) is 2. The zero-order valence-corrected chi connectivity index (χ0v) is 14.4. The Bertz CT molecular complexity index is 854. The molecule has 140 valence electrons. The number of amides is 2. The Morgan fingerprint density at radius 1 is 1.07 bits per heavy atom. The van der Waals surface area contributed by atoms with Gasteiger partial charge in [0.1, 0.15) is 0 Å². The van der Waals surface area contributed by atoms with Crippen LogP contribution in [-0.4, -0.2) is 18.4 Å². The first-order valence-electron chi connectivity index (χ1n) is 7.96. The highest BCUT2D eigenvalue weighted by Gasteiger charge is 2.30. The second-order valence-corrected chi connectivity index (χ2v) is 5.70. The molecule has 8 heteroatoms. The SMILES string of the molecule is CC(=O)N(CCC(=O)Nc1ccc(C#N)cc1)c1ccc(C(F)(F)F)cc1. The molecule has 0 atom stereocenters. The lowest BCUT2D eigenvalue weighted by Crippen LogP contribution is -2.32. The predicted octanol–water partition coefficient (Wildman–Crippen LogP) is 3.96. The van der Waals surface area contributed by atoms with Gasteiger partial charge in [-0.25, -0.2) is 0 Å². The average molecular weight is 375 g/mol. The van der Waals surface area contributed by atoms with Gasteiger partial charge < -0.3 is 10.2 Å². The molecule has 2 aromatic carbocycles. The topological polar surface area (TPSA) is 73.2 Å². The summed E-state index contributed by atoms with van der Waals surface area (Å²) < 4.78 is 37.9. The number of alkyl halides is 3. The quantitative estimate of drug-likeness (QED) is 0.860. The zero-order chi connectivity index (χ0) is 20.0. The van der Waals surface area contributed by atoms with Gasteiger partial charge in [-0.05, 0) is 48.5 Å². The van der Waals surface area contributed by atoms with Crippen molar-refractivity contribution in [3.63, 3.8) is 0 Å². The molecule has 0 saturated carbocycles. The molecule has 0 saturated heterocycles. The van der Waals surface area contributed by atoms with Crippen molar-refractivity contribution in [2.45, 2.75) is 19.5 Å². The molecular formula is C19H16F3N3O2. The molecule has 0 aromatic heterocycles. The molecule has 5 nitrogen and oxygen atoms in total. The highest BCUT2D eigenvalue weighted by Crippen LogP contribution is 2.30. The van der Waals surface area contributed by atoms with Crippen molar-refractivity contribution < 1.29 is 22.8 Å². The van der Waals surface area contributed by atoms with Crippen LogP contribution in [-0.2, 0) is 15.8 Å². The van der Waals surface area contributed by atoms with E-state index in [1.807, 2.05) is 6.07 Å². The Labute approximate surface area is 154 Å². The Kier molecular flexibility index (Phi) is 6.19. The molecule has 0 aliphatic rings. The highest BCUT2D eigenvalue weighted by atomic mass is 19.4. The van der Waals surface area contributed by atoms with Crippen molar-refractivity contribution in [1.82, 2.24) is 0 Å². The molecule has 2 amide bonds. The summed E-state index contributed by atoms with van der Waals surface area (Å²) >= 11 is 0. The second-order valence-electron chi connectivity index (χ2n) is 5.70. The number of halogens is 3. The lowest BCUT2D eigenvalue weighted by Gasteiger charge is -2.21. The van der Waals surface area contributed by atoms with Crippen LogP contribution in [0.3, 0.4) is 0 Å². The molecule has 0 bridgehead atoms. The van der Waals surface area contributed by atoms with Gasteiger partial charge in [0.05, 0.1) is 17.2 Å². The van der Waals surface area contributed by atoms with Gasteiger partial charge >= 0.3 is 6.18 Å². The van der Waals surface area contributed by atoms with Gasteiger partial charge in [0.25, 0.3) is 0 Å². The van der Waals surface area contributed by atoms with Crippen LogP contribution < -0.4 is 10.2 Å². The van der Waals surface area contributed by atoms with Crippen molar-refractivity contribution in [3.8, 4) is 6.07 Å². The van der Waals surface area contributed by atoms with Crippen LogP contribution in [0.1, 0.15) is 24.5 Å². The molecule has 0 heterocycles. The van der Waals surface area contributed by atoms with Crippen molar-refractivity contribution in [3.05, 3.63) is 59.7 Å². The number of rotatable bonds is 5. The number of carbonyl (C=O) groups excluding carboxylic acids is 2. The molecule has 0 fully saturated rings. The van der Waals surface area contributed by atoms with Crippen LogP contribution in [0, 0.1) is 11.3 Å². The lowest BCUT2D eigenvalue weighted by molar-refractivity contribution is -0.137. The number of hydrogen-bond donors (Lipinski definition) is 1. The molecule has 0 aliphatic carbocycles. The monoisotopic (exact) mass is 375 g/mol. The van der Waals surface area contributed by atoms with Crippen LogP contribution in [0.15, 0.2) is 48.5 Å². The van der Waals surface area contributed by atoms with Crippen LogP contribution in [0.2, 0.25) is 0 Å². The van der Waals surface area contributed by atoms with Crippen LogP contribution in [0.5, 0.6) is 0 Å². The van der Waals surface area contributed by atoms with Crippen LogP contribution in [0.4, 0.5) is 24.5 Å². The molecule has 1 N–H and O–H groups in total. The summed E-state index contributed by atoms with van der Waals surface area (Å²) in [6, 6.07) is 12.4. The molecule has 0 aliphatic heterocycles. The van der Waals surface area contributed by atoms with Crippen molar-refractivity contribution >= 4 is 23.2 Å². The minimum Gasteiger partial charge on any atom is -0.326 e. The summed E-state index contributed by atoms with van der Waals surface area (Å²) in [4.78, 5) is 25.1. The first-order chi connectivity index (χ1) is 12.7. The summed E-state index contributed by atoms with van der Waals surface area (Å²) in [6.07, 6.45) is -4.50. The van der Waals surface area contributed by atoms with Gasteiger partial charge in [-0.2, -0.15) is 18.4 Å². The van der Waals surface area contributed by atoms with Crippen LogP contribution in [0.25, 0.3) is 0 Å². The maximum absolute atomic E-state index is 12.6. The van der Waals surface area contributed by atoms with Gasteiger partial charge in [0, 0.05) is 31.3 Å². The molecule has 27 heavy (non-hydrogen) atoms. The van der Waals surface area contributed by atoms with Gasteiger partial charge in [-0.15, -0.1) is 0 Å². The average Bonchev–Trinajstić information content (AvgIpc) is 2.62. The van der Waals surface area contributed by atoms with Gasteiger partial charge in [0.2, 0.25) is 11.8 Å². The van der Waals surface area contributed by atoms with Crippen LogP contribution >= 0.6 is 0 Å². The first-order valence-corrected chi connectivity index (χ1v) is 7.96. The van der Waals surface area contributed by atoms with E-state index in [0.717, 1.165) is 12.1 Å². The van der Waals surface area contributed by atoms with Gasteiger partial charge in [-0.1, -0.05) is 0 Å². The van der Waals surface area contributed by atoms with Crippen molar-refractivity contribution in [1.29, 1.82) is 5.26 Å². The highest BCUT2D eigenvalue weighted by molar-refractivity contribution is 5.94. The Morgan fingerprint density at radius 3 is 2.15 bits per heavy atom. The van der Waals surface area contributed by atoms with E-state index >= 15 is 0 Å². The molecule has 0 spiro atoms. The third kappa shape index (κ3) is 5.57. The van der Waals surface area contributed by atoms with E-state index in [1.165, 1.54) is 24.0 Å². The zero-order valence-electron chi connectivity index (χ0n) is 14.4. The van der Waals surface area contributed by atoms with Gasteiger partial charge in [-0.3, -0.25) is 9.59 Å². The maximum Gasteiger partial charge on any atom is 0.416 e. The summed E-state index contributed by atoms with van der Waals surface area (Å²) in [5.74, 6) is -0.751.